The van der Waals surface area contributed by atoms with E-state index in [0.717, 1.165) is 17.7 Å². The first-order chi connectivity index (χ1) is 11.7. The molecule has 24 heavy (non-hydrogen) atoms. The molecule has 1 saturated heterocycles. The summed E-state index contributed by atoms with van der Waals surface area (Å²) >= 11 is 0. The van der Waals surface area contributed by atoms with Gasteiger partial charge < -0.3 is 19.4 Å². The van der Waals surface area contributed by atoms with Crippen LogP contribution in [0, 0.1) is 0 Å². The van der Waals surface area contributed by atoms with Crippen LogP contribution in [0.3, 0.4) is 0 Å². The van der Waals surface area contributed by atoms with E-state index in [1.807, 2.05) is 24.3 Å². The smallest absolute Gasteiger partial charge is 0.287 e. The summed E-state index contributed by atoms with van der Waals surface area (Å²) in [6, 6.07) is 10.9. The summed E-state index contributed by atoms with van der Waals surface area (Å²) in [4.78, 5) is 25.9. The molecule has 0 aliphatic carbocycles. The molecular formula is C18H20N2O4. The minimum absolute atomic E-state index is 0.0632. The molecule has 2 aromatic rings. The average molecular weight is 328 g/mol. The minimum atomic E-state index is -0.283. The fraction of sp³-hybridized carbons (Fsp3) is 0.333. The monoisotopic (exact) mass is 328 g/mol. The second kappa shape index (κ2) is 7.21. The SMILES string of the molecule is COc1ccc(CCN2CC(NC(=O)c3ccco3)CC2=O)cc1. The number of hydrogen-bond acceptors (Lipinski definition) is 4. The molecule has 1 aromatic heterocycles. The van der Waals surface area contributed by atoms with Gasteiger partial charge in [-0.25, -0.2) is 0 Å². The Morgan fingerprint density at radius 1 is 1.33 bits per heavy atom. The molecule has 1 aromatic carbocycles. The minimum Gasteiger partial charge on any atom is -0.497 e. The van der Waals surface area contributed by atoms with E-state index in [0.29, 0.717) is 19.5 Å². The van der Waals surface area contributed by atoms with Gasteiger partial charge in [-0.1, -0.05) is 12.1 Å². The fourth-order valence-corrected chi connectivity index (χ4v) is 2.81. The summed E-state index contributed by atoms with van der Waals surface area (Å²) in [7, 11) is 1.63. The largest absolute Gasteiger partial charge is 0.497 e. The number of nitrogens with one attached hydrogen (secondary N) is 1. The lowest BCUT2D eigenvalue weighted by Gasteiger charge is -2.17. The highest BCUT2D eigenvalue weighted by molar-refractivity contribution is 5.92. The van der Waals surface area contributed by atoms with Crippen LogP contribution in [0.4, 0.5) is 0 Å². The van der Waals surface area contributed by atoms with E-state index in [1.165, 1.54) is 6.26 Å². The van der Waals surface area contributed by atoms with Crippen molar-refractivity contribution >= 4 is 11.8 Å². The summed E-state index contributed by atoms with van der Waals surface area (Å²) in [5.41, 5.74) is 1.15. The summed E-state index contributed by atoms with van der Waals surface area (Å²) in [6.45, 7) is 1.17. The van der Waals surface area contributed by atoms with Crippen LogP contribution in [0.25, 0.3) is 0 Å². The van der Waals surface area contributed by atoms with Gasteiger partial charge in [0.05, 0.1) is 19.4 Å². The summed E-state index contributed by atoms with van der Waals surface area (Å²) in [6.07, 6.45) is 2.56. The van der Waals surface area contributed by atoms with Gasteiger partial charge in [0.2, 0.25) is 5.91 Å². The second-order valence-electron chi connectivity index (χ2n) is 5.79. The molecule has 1 unspecified atom stereocenters. The van der Waals surface area contributed by atoms with E-state index >= 15 is 0 Å². The van der Waals surface area contributed by atoms with Gasteiger partial charge in [0.15, 0.2) is 5.76 Å². The molecule has 1 aliphatic rings. The first-order valence-corrected chi connectivity index (χ1v) is 7.91. The third-order valence-corrected chi connectivity index (χ3v) is 4.12. The quantitative estimate of drug-likeness (QED) is 0.878. The van der Waals surface area contributed by atoms with Gasteiger partial charge in [0.1, 0.15) is 5.75 Å². The van der Waals surface area contributed by atoms with Gasteiger partial charge in [0.25, 0.3) is 5.91 Å². The molecule has 6 nitrogen and oxygen atoms in total. The van der Waals surface area contributed by atoms with Crippen molar-refractivity contribution in [3.05, 3.63) is 54.0 Å². The number of furan rings is 1. The Bertz CT molecular complexity index is 694. The maximum Gasteiger partial charge on any atom is 0.287 e. The third-order valence-electron chi connectivity index (χ3n) is 4.12. The molecule has 1 N–H and O–H groups in total. The van der Waals surface area contributed by atoms with Gasteiger partial charge >= 0.3 is 0 Å². The molecule has 0 spiro atoms. The Kier molecular flexibility index (Phi) is 4.84. The van der Waals surface area contributed by atoms with Crippen LogP contribution < -0.4 is 10.1 Å². The van der Waals surface area contributed by atoms with Crippen molar-refractivity contribution in [2.75, 3.05) is 20.2 Å². The number of hydrogen-bond donors (Lipinski definition) is 1. The number of methoxy groups -OCH3 is 1. The van der Waals surface area contributed by atoms with Crippen molar-refractivity contribution in [3.63, 3.8) is 0 Å². The number of carbonyl (C=O) groups is 2. The highest BCUT2D eigenvalue weighted by atomic mass is 16.5. The summed E-state index contributed by atoms with van der Waals surface area (Å²) in [5, 5.41) is 2.84. The number of amides is 2. The normalized spacial score (nSPS) is 17.1. The zero-order chi connectivity index (χ0) is 16.9. The lowest BCUT2D eigenvalue weighted by atomic mass is 10.1. The third kappa shape index (κ3) is 3.76. The molecule has 0 radical (unpaired) electrons. The zero-order valence-electron chi connectivity index (χ0n) is 13.5. The molecule has 1 fully saturated rings. The van der Waals surface area contributed by atoms with Crippen LogP contribution in [0.5, 0.6) is 5.75 Å². The molecule has 1 aliphatic heterocycles. The average Bonchev–Trinajstić information content (AvgIpc) is 3.23. The van der Waals surface area contributed by atoms with Crippen LogP contribution in [0.15, 0.2) is 47.1 Å². The number of ether oxygens (including phenoxy) is 1. The van der Waals surface area contributed by atoms with E-state index in [1.54, 1.807) is 24.1 Å². The van der Waals surface area contributed by atoms with Gasteiger partial charge in [-0.3, -0.25) is 9.59 Å². The van der Waals surface area contributed by atoms with E-state index in [9.17, 15) is 9.59 Å². The standard InChI is InChI=1S/C18H20N2O4/c1-23-15-6-4-13(5-7-15)8-9-20-12-14(11-17(20)21)19-18(22)16-3-2-10-24-16/h2-7,10,14H,8-9,11-12H2,1H3,(H,19,22). The highest BCUT2D eigenvalue weighted by Crippen LogP contribution is 2.15. The molecule has 126 valence electrons. The maximum atomic E-state index is 12.1. The van der Waals surface area contributed by atoms with Crippen molar-refractivity contribution < 1.29 is 18.7 Å². The topological polar surface area (TPSA) is 71.8 Å². The molecule has 1 atom stereocenters. The molecule has 2 amide bonds. The fourth-order valence-electron chi connectivity index (χ4n) is 2.81. The highest BCUT2D eigenvalue weighted by Gasteiger charge is 2.30. The van der Waals surface area contributed by atoms with Crippen molar-refractivity contribution in [2.45, 2.75) is 18.9 Å². The molecule has 0 saturated carbocycles. The number of carbonyl (C=O) groups excluding carboxylic acids is 2. The lowest BCUT2D eigenvalue weighted by molar-refractivity contribution is -0.127. The molecule has 0 bridgehead atoms. The number of nitrogens with zero attached hydrogens (tertiary/aromatic N) is 1. The summed E-state index contributed by atoms with van der Waals surface area (Å²) in [5.74, 6) is 0.860. The first-order valence-electron chi connectivity index (χ1n) is 7.91. The maximum absolute atomic E-state index is 12.1. The predicted molar refractivity (Wildman–Crippen MR) is 87.9 cm³/mol. The van der Waals surface area contributed by atoms with Gasteiger partial charge in [-0.2, -0.15) is 0 Å². The Balaban J connectivity index is 1.50. The van der Waals surface area contributed by atoms with Crippen molar-refractivity contribution in [3.8, 4) is 5.75 Å². The number of benzene rings is 1. The van der Waals surface area contributed by atoms with Crippen LogP contribution in [0.1, 0.15) is 22.5 Å². The Hall–Kier alpha value is -2.76. The Morgan fingerprint density at radius 2 is 2.12 bits per heavy atom. The van der Waals surface area contributed by atoms with Crippen LogP contribution in [0.2, 0.25) is 0 Å². The van der Waals surface area contributed by atoms with Crippen LogP contribution in [-0.4, -0.2) is 43.0 Å². The van der Waals surface area contributed by atoms with Crippen molar-refractivity contribution in [1.82, 2.24) is 10.2 Å². The van der Waals surface area contributed by atoms with Crippen LogP contribution >= 0.6 is 0 Å². The van der Waals surface area contributed by atoms with Gasteiger partial charge in [-0.15, -0.1) is 0 Å². The van der Waals surface area contributed by atoms with E-state index in [-0.39, 0.29) is 23.6 Å². The predicted octanol–water partition coefficient (Wildman–Crippen LogP) is 1.86. The molecule has 6 heteroatoms. The van der Waals surface area contributed by atoms with E-state index in [2.05, 4.69) is 5.32 Å². The van der Waals surface area contributed by atoms with Gasteiger partial charge in [-0.05, 0) is 36.2 Å². The van der Waals surface area contributed by atoms with E-state index in [4.69, 9.17) is 9.15 Å². The summed E-state index contributed by atoms with van der Waals surface area (Å²) < 4.78 is 10.2. The zero-order valence-corrected chi connectivity index (χ0v) is 13.5. The van der Waals surface area contributed by atoms with E-state index < -0.39 is 0 Å². The lowest BCUT2D eigenvalue weighted by Crippen LogP contribution is -2.37. The second-order valence-corrected chi connectivity index (χ2v) is 5.79. The molecular weight excluding hydrogens is 308 g/mol. The van der Waals surface area contributed by atoms with Crippen molar-refractivity contribution in [2.24, 2.45) is 0 Å². The Morgan fingerprint density at radius 3 is 2.79 bits per heavy atom. The molecule has 3 rings (SSSR count). The van der Waals surface area contributed by atoms with Crippen LogP contribution in [-0.2, 0) is 11.2 Å². The van der Waals surface area contributed by atoms with Gasteiger partial charge in [0, 0.05) is 19.5 Å². The Labute approximate surface area is 140 Å². The van der Waals surface area contributed by atoms with Crippen molar-refractivity contribution in [1.29, 1.82) is 0 Å². The molecule has 2 heterocycles. The first kappa shape index (κ1) is 16.1. The number of rotatable bonds is 6. The number of likely N-dealkylation sites (tertiary alicyclic amines) is 1.